The Morgan fingerprint density at radius 1 is 1.18 bits per heavy atom. The molecule has 0 saturated heterocycles. The summed E-state index contributed by atoms with van der Waals surface area (Å²) >= 11 is 0. The molecule has 0 aliphatic heterocycles. The van der Waals surface area contributed by atoms with Crippen LogP contribution in [0.1, 0.15) is 16.1 Å². The Hall–Kier alpha value is -2.70. The first-order chi connectivity index (χ1) is 10.3. The first-order valence-corrected chi connectivity index (χ1v) is 6.37. The van der Waals surface area contributed by atoms with E-state index in [1.807, 2.05) is 0 Å². The molecule has 0 aliphatic rings. The number of aromatic carboxylic acids is 1. The van der Waals surface area contributed by atoms with Gasteiger partial charge in [-0.3, -0.25) is 0 Å². The van der Waals surface area contributed by atoms with Crippen LogP contribution < -0.4 is 0 Å². The quantitative estimate of drug-likeness (QED) is 0.754. The molecular formula is C15H11F3N2O2. The van der Waals surface area contributed by atoms with Gasteiger partial charge in [-0.2, -0.15) is 13.2 Å². The van der Waals surface area contributed by atoms with Gasteiger partial charge in [0.25, 0.3) is 0 Å². The number of hydrogen-bond acceptors (Lipinski definition) is 1. The minimum Gasteiger partial charge on any atom is -0.477 e. The fraction of sp³-hybridized carbons (Fsp3) is 0.133. The lowest BCUT2D eigenvalue weighted by molar-refractivity contribution is -0.137. The summed E-state index contributed by atoms with van der Waals surface area (Å²) in [5.41, 5.74) is 0.879. The Morgan fingerprint density at radius 3 is 2.50 bits per heavy atom. The average molecular weight is 308 g/mol. The molecule has 2 aromatic heterocycles. The van der Waals surface area contributed by atoms with Gasteiger partial charge in [0.1, 0.15) is 5.69 Å². The van der Waals surface area contributed by atoms with E-state index in [0.29, 0.717) is 22.3 Å². The number of aromatic amines is 1. The highest BCUT2D eigenvalue weighted by molar-refractivity contribution is 5.89. The van der Waals surface area contributed by atoms with Gasteiger partial charge in [-0.05, 0) is 30.3 Å². The van der Waals surface area contributed by atoms with Gasteiger partial charge in [0.05, 0.1) is 17.0 Å². The topological polar surface area (TPSA) is 58.0 Å². The van der Waals surface area contributed by atoms with Crippen molar-refractivity contribution in [2.75, 3.05) is 0 Å². The van der Waals surface area contributed by atoms with E-state index in [1.165, 1.54) is 12.1 Å². The number of H-pyrrole nitrogens is 1. The van der Waals surface area contributed by atoms with E-state index >= 15 is 0 Å². The molecule has 0 saturated carbocycles. The lowest BCUT2D eigenvalue weighted by Crippen LogP contribution is -2.04. The van der Waals surface area contributed by atoms with E-state index in [1.54, 1.807) is 23.7 Å². The van der Waals surface area contributed by atoms with Crippen molar-refractivity contribution < 1.29 is 23.1 Å². The molecule has 2 heterocycles. The van der Waals surface area contributed by atoms with Crippen molar-refractivity contribution >= 4 is 16.9 Å². The summed E-state index contributed by atoms with van der Waals surface area (Å²) in [6.07, 6.45) is -4.40. The molecule has 0 radical (unpaired) electrons. The zero-order chi connectivity index (χ0) is 16.1. The van der Waals surface area contributed by atoms with E-state index in [9.17, 15) is 18.0 Å². The van der Waals surface area contributed by atoms with Crippen LogP contribution in [0.3, 0.4) is 0 Å². The summed E-state index contributed by atoms with van der Waals surface area (Å²) in [6, 6.07) is 8.23. The van der Waals surface area contributed by atoms with Gasteiger partial charge in [-0.25, -0.2) is 4.79 Å². The maximum Gasteiger partial charge on any atom is 0.416 e. The van der Waals surface area contributed by atoms with Crippen molar-refractivity contribution in [2.24, 2.45) is 7.05 Å². The monoisotopic (exact) mass is 308 g/mol. The van der Waals surface area contributed by atoms with Crippen LogP contribution >= 0.6 is 0 Å². The summed E-state index contributed by atoms with van der Waals surface area (Å²) in [5, 5.41) is 9.57. The zero-order valence-corrected chi connectivity index (χ0v) is 11.4. The van der Waals surface area contributed by atoms with Crippen molar-refractivity contribution in [1.82, 2.24) is 9.55 Å². The SMILES string of the molecule is Cn1c(-c2ccc(C(=O)O)[nH]2)cc2ccc(C(F)(F)F)cc21. The normalized spacial score (nSPS) is 12.0. The molecule has 22 heavy (non-hydrogen) atoms. The van der Waals surface area contributed by atoms with Gasteiger partial charge in [0.15, 0.2) is 0 Å². The number of fused-ring (bicyclic) bond motifs is 1. The molecule has 1 aromatic carbocycles. The number of alkyl halides is 3. The number of hydrogen-bond donors (Lipinski definition) is 2. The summed E-state index contributed by atoms with van der Waals surface area (Å²) in [5.74, 6) is -1.09. The van der Waals surface area contributed by atoms with Crippen LogP contribution in [0.5, 0.6) is 0 Å². The lowest BCUT2D eigenvalue weighted by Gasteiger charge is -2.07. The number of rotatable bonds is 2. The van der Waals surface area contributed by atoms with Crippen LogP contribution in [-0.4, -0.2) is 20.6 Å². The predicted octanol–water partition coefficient (Wildman–Crippen LogP) is 3.89. The van der Waals surface area contributed by atoms with Crippen molar-refractivity contribution in [1.29, 1.82) is 0 Å². The number of aromatic nitrogens is 2. The first-order valence-electron chi connectivity index (χ1n) is 6.37. The molecule has 114 valence electrons. The van der Waals surface area contributed by atoms with Crippen LogP contribution in [0.25, 0.3) is 22.3 Å². The summed E-state index contributed by atoms with van der Waals surface area (Å²) < 4.78 is 40.0. The van der Waals surface area contributed by atoms with Gasteiger partial charge >= 0.3 is 12.1 Å². The Balaban J connectivity index is 2.15. The minimum atomic E-state index is -4.40. The number of aryl methyl sites for hydroxylation is 1. The molecule has 4 nitrogen and oxygen atoms in total. The third kappa shape index (κ3) is 2.24. The van der Waals surface area contributed by atoms with Crippen LogP contribution in [-0.2, 0) is 13.2 Å². The van der Waals surface area contributed by atoms with Crippen LogP contribution in [0.2, 0.25) is 0 Å². The van der Waals surface area contributed by atoms with Crippen LogP contribution in [0.15, 0.2) is 36.4 Å². The molecule has 0 bridgehead atoms. The lowest BCUT2D eigenvalue weighted by atomic mass is 10.1. The van der Waals surface area contributed by atoms with Gasteiger partial charge in [-0.1, -0.05) is 6.07 Å². The second kappa shape index (κ2) is 4.66. The fourth-order valence-electron chi connectivity index (χ4n) is 2.43. The highest BCUT2D eigenvalue weighted by atomic mass is 19.4. The molecule has 0 spiro atoms. The van der Waals surface area contributed by atoms with E-state index in [-0.39, 0.29) is 5.69 Å². The number of carboxylic acid groups (broad SMARTS) is 1. The number of carboxylic acids is 1. The number of benzene rings is 1. The van der Waals surface area contributed by atoms with Gasteiger partial charge < -0.3 is 14.7 Å². The zero-order valence-electron chi connectivity index (χ0n) is 11.4. The second-order valence-corrected chi connectivity index (χ2v) is 4.95. The maximum atomic E-state index is 12.8. The Bertz CT molecular complexity index is 875. The number of carbonyl (C=O) groups is 1. The molecule has 7 heteroatoms. The van der Waals surface area contributed by atoms with Crippen molar-refractivity contribution in [2.45, 2.75) is 6.18 Å². The predicted molar refractivity (Wildman–Crippen MR) is 74.7 cm³/mol. The van der Waals surface area contributed by atoms with Gasteiger partial charge in [0.2, 0.25) is 0 Å². The van der Waals surface area contributed by atoms with Gasteiger partial charge in [-0.15, -0.1) is 0 Å². The smallest absolute Gasteiger partial charge is 0.416 e. The third-order valence-corrected chi connectivity index (χ3v) is 3.57. The molecule has 0 fully saturated rings. The standard InChI is InChI=1S/C15H11F3N2O2/c1-20-12-7-9(15(16,17)18)3-2-8(12)6-13(20)10-4-5-11(19-10)14(21)22/h2-7,19H,1H3,(H,21,22). The molecule has 3 rings (SSSR count). The number of halogens is 3. The molecule has 0 amide bonds. The Morgan fingerprint density at radius 2 is 1.91 bits per heavy atom. The van der Waals surface area contributed by atoms with E-state index in [0.717, 1.165) is 12.1 Å². The average Bonchev–Trinajstić information content (AvgIpc) is 3.03. The molecule has 0 unspecified atom stereocenters. The summed E-state index contributed by atoms with van der Waals surface area (Å²) in [4.78, 5) is 13.6. The van der Waals surface area contributed by atoms with Crippen molar-refractivity contribution in [3.05, 3.63) is 47.7 Å². The van der Waals surface area contributed by atoms with Crippen LogP contribution in [0.4, 0.5) is 13.2 Å². The van der Waals surface area contributed by atoms with E-state index in [4.69, 9.17) is 5.11 Å². The number of nitrogens with zero attached hydrogens (tertiary/aromatic N) is 1. The second-order valence-electron chi connectivity index (χ2n) is 4.95. The number of nitrogens with one attached hydrogen (secondary N) is 1. The van der Waals surface area contributed by atoms with Crippen molar-refractivity contribution in [3.63, 3.8) is 0 Å². The van der Waals surface area contributed by atoms with Crippen LogP contribution in [0, 0.1) is 0 Å². The largest absolute Gasteiger partial charge is 0.477 e. The summed E-state index contributed by atoms with van der Waals surface area (Å²) in [6.45, 7) is 0. The molecule has 3 aromatic rings. The molecule has 2 N–H and O–H groups in total. The third-order valence-electron chi connectivity index (χ3n) is 3.57. The van der Waals surface area contributed by atoms with E-state index < -0.39 is 17.7 Å². The molecule has 0 atom stereocenters. The fourth-order valence-corrected chi connectivity index (χ4v) is 2.43. The summed E-state index contributed by atoms with van der Waals surface area (Å²) in [7, 11) is 1.64. The highest BCUT2D eigenvalue weighted by Crippen LogP contribution is 2.33. The first kappa shape index (κ1) is 14.2. The Labute approximate surface area is 122 Å². The minimum absolute atomic E-state index is 0.0243. The highest BCUT2D eigenvalue weighted by Gasteiger charge is 2.30. The van der Waals surface area contributed by atoms with Crippen molar-refractivity contribution in [3.8, 4) is 11.4 Å². The molecule has 0 aliphatic carbocycles. The maximum absolute atomic E-state index is 12.8. The molecular weight excluding hydrogens is 297 g/mol. The van der Waals surface area contributed by atoms with Gasteiger partial charge in [0, 0.05) is 18.0 Å². The Kier molecular flexibility index (Phi) is 3.01. The van der Waals surface area contributed by atoms with E-state index in [2.05, 4.69) is 4.98 Å².